The summed E-state index contributed by atoms with van der Waals surface area (Å²) in [4.78, 5) is 30.1. The van der Waals surface area contributed by atoms with Crippen LogP contribution < -0.4 is 27.0 Å². The Labute approximate surface area is 251 Å². The lowest BCUT2D eigenvalue weighted by molar-refractivity contribution is -0.120. The summed E-state index contributed by atoms with van der Waals surface area (Å²) < 4.78 is 10.7. The maximum absolute atomic E-state index is 12.3. The highest BCUT2D eigenvalue weighted by Gasteiger charge is 2.09. The second kappa shape index (κ2) is 18.0. The molecule has 12 heteroatoms. The summed E-state index contributed by atoms with van der Waals surface area (Å²) in [6.45, 7) is 4.05. The van der Waals surface area contributed by atoms with Crippen molar-refractivity contribution in [2.75, 3.05) is 62.0 Å². The molecule has 0 aliphatic rings. The number of anilines is 4. The molecule has 12 nitrogen and oxygen atoms in total. The molecule has 2 aromatic heterocycles. The van der Waals surface area contributed by atoms with Crippen molar-refractivity contribution in [1.82, 2.24) is 25.3 Å². The number of hydrogen-bond acceptors (Lipinski definition) is 11. The quantitative estimate of drug-likeness (QED) is 0.103. The predicted octanol–water partition coefficient (Wildman–Crippen LogP) is 2.93. The van der Waals surface area contributed by atoms with E-state index in [1.807, 2.05) is 54.6 Å². The van der Waals surface area contributed by atoms with Gasteiger partial charge in [-0.05, 0) is 47.4 Å². The van der Waals surface area contributed by atoms with E-state index in [2.05, 4.69) is 53.3 Å². The van der Waals surface area contributed by atoms with Crippen LogP contribution in [0.15, 0.2) is 79.1 Å². The normalized spacial score (nSPS) is 10.7. The molecule has 0 spiro atoms. The molecular formula is C31H39N9O3. The lowest BCUT2D eigenvalue weighted by atomic mass is 10.1. The van der Waals surface area contributed by atoms with Gasteiger partial charge in [0.2, 0.25) is 23.8 Å². The van der Waals surface area contributed by atoms with Gasteiger partial charge in [-0.2, -0.15) is 15.0 Å². The van der Waals surface area contributed by atoms with Crippen LogP contribution in [-0.4, -0.2) is 71.9 Å². The minimum atomic E-state index is -0.0720. The number of hydrogen-bond donors (Lipinski definition) is 5. The molecule has 2 heterocycles. The molecular weight excluding hydrogens is 546 g/mol. The van der Waals surface area contributed by atoms with Gasteiger partial charge in [-0.3, -0.25) is 9.78 Å². The first-order valence-electron chi connectivity index (χ1n) is 14.3. The molecule has 0 aliphatic carbocycles. The van der Waals surface area contributed by atoms with Crippen LogP contribution in [0, 0.1) is 0 Å². The third-order valence-corrected chi connectivity index (χ3v) is 6.15. The second-order valence-corrected chi connectivity index (χ2v) is 9.54. The van der Waals surface area contributed by atoms with Crippen LogP contribution in [0.1, 0.15) is 16.7 Å². The lowest BCUT2D eigenvalue weighted by Crippen LogP contribution is -2.29. The fourth-order valence-electron chi connectivity index (χ4n) is 3.99. The maximum atomic E-state index is 12.3. The van der Waals surface area contributed by atoms with Crippen LogP contribution in [0.3, 0.4) is 0 Å². The Balaban J connectivity index is 1.30. The largest absolute Gasteiger partial charge is 0.378 e. The number of benzene rings is 2. The molecule has 0 radical (unpaired) electrons. The van der Waals surface area contributed by atoms with Gasteiger partial charge in [0.15, 0.2) is 0 Å². The number of carbonyl (C=O) groups excluding carboxylic acids is 1. The number of rotatable bonds is 19. The molecule has 0 bridgehead atoms. The molecule has 6 N–H and O–H groups in total. The summed E-state index contributed by atoms with van der Waals surface area (Å²) in [5.41, 5.74) is 9.33. The van der Waals surface area contributed by atoms with E-state index in [0.29, 0.717) is 70.5 Å². The number of pyridine rings is 1. The zero-order valence-electron chi connectivity index (χ0n) is 24.2. The van der Waals surface area contributed by atoms with Gasteiger partial charge in [0, 0.05) is 44.3 Å². The number of carbonyl (C=O) groups is 1. The van der Waals surface area contributed by atoms with Crippen molar-refractivity contribution in [3.05, 3.63) is 95.8 Å². The van der Waals surface area contributed by atoms with E-state index in [1.54, 1.807) is 12.4 Å². The second-order valence-electron chi connectivity index (χ2n) is 9.54. The van der Waals surface area contributed by atoms with E-state index in [4.69, 9.17) is 15.2 Å². The Kier molecular flexibility index (Phi) is 13.1. The molecule has 226 valence electrons. The predicted molar refractivity (Wildman–Crippen MR) is 167 cm³/mol. The highest BCUT2D eigenvalue weighted by molar-refractivity contribution is 5.78. The van der Waals surface area contributed by atoms with Gasteiger partial charge >= 0.3 is 0 Å². The van der Waals surface area contributed by atoms with Crippen molar-refractivity contribution in [2.45, 2.75) is 19.4 Å². The van der Waals surface area contributed by atoms with E-state index in [9.17, 15) is 4.79 Å². The average molecular weight is 586 g/mol. The summed E-state index contributed by atoms with van der Waals surface area (Å²) in [5.74, 6) is 1.23. The van der Waals surface area contributed by atoms with Gasteiger partial charge in [0.25, 0.3) is 0 Å². The smallest absolute Gasteiger partial charge is 0.233 e. The first kappa shape index (κ1) is 31.3. The van der Waals surface area contributed by atoms with E-state index in [1.165, 1.54) is 5.56 Å². The zero-order valence-corrected chi connectivity index (χ0v) is 24.2. The number of nitrogens with one attached hydrogen (secondary N) is 4. The molecule has 0 saturated carbocycles. The van der Waals surface area contributed by atoms with Crippen LogP contribution >= 0.6 is 0 Å². The lowest BCUT2D eigenvalue weighted by Gasteiger charge is -2.12. The minimum absolute atomic E-state index is 0.0720. The first-order valence-corrected chi connectivity index (χ1v) is 14.3. The van der Waals surface area contributed by atoms with Crippen LogP contribution in [0.4, 0.5) is 23.5 Å². The molecule has 0 atom stereocenters. The highest BCUT2D eigenvalue weighted by Crippen LogP contribution is 2.17. The molecule has 0 fully saturated rings. The molecule has 4 aromatic rings. The Morgan fingerprint density at radius 2 is 1.40 bits per heavy atom. The highest BCUT2D eigenvalue weighted by atomic mass is 16.5. The Morgan fingerprint density at radius 1 is 0.698 bits per heavy atom. The molecule has 0 saturated heterocycles. The van der Waals surface area contributed by atoms with Gasteiger partial charge in [-0.15, -0.1) is 0 Å². The van der Waals surface area contributed by atoms with Crippen molar-refractivity contribution in [3.8, 4) is 0 Å². The SMILES string of the molecule is NCCOCCOCCNC(=O)Cc1ccc(Nc2nc(NCCc3ccccc3)nc(NCc3ccncc3)n2)cc1. The molecule has 0 aliphatic heterocycles. The Morgan fingerprint density at radius 3 is 2.14 bits per heavy atom. The van der Waals surface area contributed by atoms with Crippen molar-refractivity contribution >= 4 is 29.4 Å². The fourth-order valence-corrected chi connectivity index (χ4v) is 3.99. The molecule has 2 aromatic carbocycles. The summed E-state index contributed by atoms with van der Waals surface area (Å²) in [6.07, 6.45) is 4.60. The summed E-state index contributed by atoms with van der Waals surface area (Å²) in [6, 6.07) is 21.7. The van der Waals surface area contributed by atoms with E-state index < -0.39 is 0 Å². The van der Waals surface area contributed by atoms with E-state index >= 15 is 0 Å². The third kappa shape index (κ3) is 12.0. The standard InChI is InChI=1S/C31H39N9O3/c32-13-18-42-20-21-43-19-17-34-28(41)22-25-6-8-27(9-7-25)37-31-39-29(35-16-12-24-4-2-1-3-5-24)38-30(40-31)36-23-26-10-14-33-15-11-26/h1-11,14-15H,12-13,16-23,32H2,(H,34,41)(H3,35,36,37,38,39,40). The van der Waals surface area contributed by atoms with Crippen LogP contribution in [0.5, 0.6) is 0 Å². The van der Waals surface area contributed by atoms with Crippen LogP contribution in [0.25, 0.3) is 0 Å². The number of ether oxygens (including phenoxy) is 2. The average Bonchev–Trinajstić information content (AvgIpc) is 3.03. The number of nitrogens with two attached hydrogens (primary N) is 1. The summed E-state index contributed by atoms with van der Waals surface area (Å²) in [5, 5.41) is 12.7. The molecule has 4 rings (SSSR count). The van der Waals surface area contributed by atoms with Gasteiger partial charge in [-0.1, -0.05) is 42.5 Å². The Bertz CT molecular complexity index is 1360. The van der Waals surface area contributed by atoms with Crippen molar-refractivity contribution in [2.24, 2.45) is 5.73 Å². The third-order valence-electron chi connectivity index (χ3n) is 6.15. The molecule has 0 unspecified atom stereocenters. The molecule has 43 heavy (non-hydrogen) atoms. The number of nitrogens with zero attached hydrogens (tertiary/aromatic N) is 4. The monoisotopic (exact) mass is 585 g/mol. The topological polar surface area (TPSA) is 161 Å². The molecule has 1 amide bonds. The minimum Gasteiger partial charge on any atom is -0.378 e. The summed E-state index contributed by atoms with van der Waals surface area (Å²) >= 11 is 0. The van der Waals surface area contributed by atoms with Crippen molar-refractivity contribution in [1.29, 1.82) is 0 Å². The van der Waals surface area contributed by atoms with E-state index in [0.717, 1.165) is 23.2 Å². The van der Waals surface area contributed by atoms with Crippen LogP contribution in [-0.2, 0) is 33.7 Å². The maximum Gasteiger partial charge on any atom is 0.233 e. The first-order chi connectivity index (χ1) is 21.2. The number of amides is 1. The zero-order chi connectivity index (χ0) is 30.0. The Hall–Kier alpha value is -4.65. The van der Waals surface area contributed by atoms with Gasteiger partial charge < -0.3 is 36.5 Å². The van der Waals surface area contributed by atoms with E-state index in [-0.39, 0.29) is 12.3 Å². The van der Waals surface area contributed by atoms with Gasteiger partial charge in [-0.25, -0.2) is 0 Å². The van der Waals surface area contributed by atoms with Crippen molar-refractivity contribution < 1.29 is 14.3 Å². The number of aromatic nitrogens is 4. The van der Waals surface area contributed by atoms with Gasteiger partial charge in [0.05, 0.1) is 32.8 Å². The fraction of sp³-hybridized carbons (Fsp3) is 0.323. The van der Waals surface area contributed by atoms with Gasteiger partial charge in [0.1, 0.15) is 0 Å². The van der Waals surface area contributed by atoms with Crippen molar-refractivity contribution in [3.63, 3.8) is 0 Å². The van der Waals surface area contributed by atoms with Crippen LogP contribution in [0.2, 0.25) is 0 Å². The summed E-state index contributed by atoms with van der Waals surface area (Å²) in [7, 11) is 0.